The average molecular weight is 414 g/mol. The topological polar surface area (TPSA) is 130 Å². The van der Waals surface area contributed by atoms with Gasteiger partial charge in [-0.15, -0.1) is 0 Å². The standard InChI is InChI=1S/C22H12ClN5O2/c23-13-5-3-4-12(8-13)20-15(10-24)21(27-22(26)16(20)11-25)18-9-19(29)14-6-1-2-7-17(14)28(18)30/h1-8H,9H2,(H2,26,27). The summed E-state index contributed by atoms with van der Waals surface area (Å²) in [5, 5.41) is 33.0. The summed E-state index contributed by atoms with van der Waals surface area (Å²) in [7, 11) is 0. The molecule has 0 amide bonds. The van der Waals surface area contributed by atoms with Crippen LogP contribution in [0, 0.1) is 27.9 Å². The fourth-order valence-corrected chi connectivity index (χ4v) is 3.69. The Kier molecular flexibility index (Phi) is 4.67. The number of rotatable bonds is 2. The van der Waals surface area contributed by atoms with E-state index >= 15 is 0 Å². The summed E-state index contributed by atoms with van der Waals surface area (Å²) in [5.41, 5.74) is 7.13. The van der Waals surface area contributed by atoms with Crippen molar-refractivity contribution in [3.63, 3.8) is 0 Å². The molecule has 1 aliphatic rings. The highest BCUT2D eigenvalue weighted by Gasteiger charge is 2.34. The molecule has 30 heavy (non-hydrogen) atoms. The van der Waals surface area contributed by atoms with Crippen molar-refractivity contribution < 1.29 is 9.53 Å². The largest absolute Gasteiger partial charge is 0.618 e. The third-order valence-electron chi connectivity index (χ3n) is 4.83. The normalized spacial score (nSPS) is 12.8. The Morgan fingerprint density at radius 1 is 1.10 bits per heavy atom. The maximum atomic E-state index is 13.0. The van der Waals surface area contributed by atoms with Gasteiger partial charge < -0.3 is 10.9 Å². The van der Waals surface area contributed by atoms with Crippen LogP contribution in [0.5, 0.6) is 0 Å². The van der Waals surface area contributed by atoms with Crippen molar-refractivity contribution in [3.8, 4) is 23.3 Å². The van der Waals surface area contributed by atoms with E-state index in [0.717, 1.165) is 0 Å². The fraction of sp³-hybridized carbons (Fsp3) is 0.0455. The van der Waals surface area contributed by atoms with E-state index in [1.165, 1.54) is 6.07 Å². The van der Waals surface area contributed by atoms with Crippen molar-refractivity contribution in [3.05, 3.63) is 81.1 Å². The Hall–Kier alpha value is -4.20. The summed E-state index contributed by atoms with van der Waals surface area (Å²) in [6.45, 7) is 0. The summed E-state index contributed by atoms with van der Waals surface area (Å²) in [6, 6.07) is 17.0. The lowest BCUT2D eigenvalue weighted by atomic mass is 9.90. The number of hydrogen-bond donors (Lipinski definition) is 1. The van der Waals surface area contributed by atoms with E-state index in [2.05, 4.69) is 4.98 Å². The number of nitrogens with zero attached hydrogens (tertiary/aromatic N) is 4. The van der Waals surface area contributed by atoms with E-state index in [4.69, 9.17) is 17.3 Å². The number of pyridine rings is 1. The fourth-order valence-electron chi connectivity index (χ4n) is 3.50. The summed E-state index contributed by atoms with van der Waals surface area (Å²) >= 11 is 6.09. The molecule has 2 N–H and O–H groups in total. The van der Waals surface area contributed by atoms with Gasteiger partial charge in [-0.1, -0.05) is 35.9 Å². The molecule has 2 aromatic carbocycles. The van der Waals surface area contributed by atoms with E-state index in [-0.39, 0.29) is 51.8 Å². The number of aromatic nitrogens is 1. The second-order valence-electron chi connectivity index (χ2n) is 6.56. The minimum Gasteiger partial charge on any atom is -0.618 e. The molecule has 0 spiro atoms. The third-order valence-corrected chi connectivity index (χ3v) is 5.07. The molecule has 0 saturated carbocycles. The van der Waals surface area contributed by atoms with E-state index in [1.807, 2.05) is 12.1 Å². The van der Waals surface area contributed by atoms with Crippen LogP contribution >= 0.6 is 11.6 Å². The van der Waals surface area contributed by atoms with Crippen molar-refractivity contribution in [2.24, 2.45) is 0 Å². The van der Waals surface area contributed by atoms with E-state index in [0.29, 0.717) is 20.9 Å². The number of carbonyl (C=O) groups excluding carboxylic acids is 1. The number of fused-ring (bicyclic) bond motifs is 1. The number of Topliss-reactive ketones (excluding diaryl/α,β-unsaturated/α-hetero) is 1. The van der Waals surface area contributed by atoms with Crippen molar-refractivity contribution in [2.75, 3.05) is 5.73 Å². The van der Waals surface area contributed by atoms with Crippen molar-refractivity contribution in [1.82, 2.24) is 4.98 Å². The van der Waals surface area contributed by atoms with Gasteiger partial charge in [0.15, 0.2) is 11.5 Å². The molecule has 8 heteroatoms. The van der Waals surface area contributed by atoms with Crippen molar-refractivity contribution in [2.45, 2.75) is 6.42 Å². The maximum Gasteiger partial charge on any atom is 0.228 e. The molecule has 0 aliphatic carbocycles. The van der Waals surface area contributed by atoms with Gasteiger partial charge in [0, 0.05) is 16.7 Å². The van der Waals surface area contributed by atoms with Gasteiger partial charge in [0.1, 0.15) is 23.5 Å². The minimum atomic E-state index is -0.273. The zero-order valence-corrected chi connectivity index (χ0v) is 16.1. The van der Waals surface area contributed by atoms with Gasteiger partial charge >= 0.3 is 0 Å². The second-order valence-corrected chi connectivity index (χ2v) is 7.00. The molecular weight excluding hydrogens is 402 g/mol. The molecule has 4 rings (SSSR count). The molecule has 0 unspecified atom stereocenters. The summed E-state index contributed by atoms with van der Waals surface area (Å²) in [4.78, 5) is 16.8. The van der Waals surface area contributed by atoms with Gasteiger partial charge in [-0.2, -0.15) is 15.3 Å². The molecule has 144 valence electrons. The second kappa shape index (κ2) is 7.32. The number of nitrogen functional groups attached to an aromatic ring is 1. The van der Waals surface area contributed by atoms with Crippen LogP contribution in [-0.4, -0.2) is 21.2 Å². The first kappa shape index (κ1) is 19.1. The summed E-state index contributed by atoms with van der Waals surface area (Å²) < 4.78 is 0.590. The lowest BCUT2D eigenvalue weighted by molar-refractivity contribution is -0.362. The van der Waals surface area contributed by atoms with E-state index in [1.54, 1.807) is 42.5 Å². The van der Waals surface area contributed by atoms with Crippen LogP contribution in [-0.2, 0) is 0 Å². The number of nitriles is 2. The molecule has 0 bridgehead atoms. The predicted octanol–water partition coefficient (Wildman–Crippen LogP) is 3.95. The summed E-state index contributed by atoms with van der Waals surface area (Å²) in [6.07, 6.45) is -0.248. The molecular formula is C22H12ClN5O2. The van der Waals surface area contributed by atoms with Gasteiger partial charge in [0.2, 0.25) is 11.4 Å². The smallest absolute Gasteiger partial charge is 0.228 e. The van der Waals surface area contributed by atoms with Crippen LogP contribution in [0.3, 0.4) is 0 Å². The monoisotopic (exact) mass is 413 g/mol. The zero-order chi connectivity index (χ0) is 21.4. The van der Waals surface area contributed by atoms with Crippen LogP contribution in [0.4, 0.5) is 11.5 Å². The SMILES string of the molecule is N#Cc1c(N)nc(C2=[N+]([O-])c3ccccc3C(=O)C2)c(C#N)c1-c1cccc(Cl)c1. The van der Waals surface area contributed by atoms with Crippen LogP contribution in [0.25, 0.3) is 11.1 Å². The van der Waals surface area contributed by atoms with E-state index in [9.17, 15) is 20.5 Å². The number of anilines is 1. The lowest BCUT2D eigenvalue weighted by Gasteiger charge is -2.19. The number of carbonyl (C=O) groups is 1. The zero-order valence-electron chi connectivity index (χ0n) is 15.4. The molecule has 0 atom stereocenters. The highest BCUT2D eigenvalue weighted by atomic mass is 35.5. The average Bonchev–Trinajstić information content (AvgIpc) is 2.75. The van der Waals surface area contributed by atoms with Gasteiger partial charge in [-0.3, -0.25) is 4.79 Å². The minimum absolute atomic E-state index is 0.00171. The van der Waals surface area contributed by atoms with Crippen LogP contribution in [0.1, 0.15) is 33.6 Å². The van der Waals surface area contributed by atoms with E-state index < -0.39 is 0 Å². The maximum absolute atomic E-state index is 13.0. The Morgan fingerprint density at radius 2 is 1.83 bits per heavy atom. The first-order valence-corrected chi connectivity index (χ1v) is 9.19. The lowest BCUT2D eigenvalue weighted by Crippen LogP contribution is -2.26. The van der Waals surface area contributed by atoms with Gasteiger partial charge in [0.25, 0.3) is 0 Å². The molecule has 0 radical (unpaired) electrons. The Bertz CT molecular complexity index is 1350. The molecule has 0 saturated heterocycles. The molecule has 1 aliphatic heterocycles. The predicted molar refractivity (Wildman–Crippen MR) is 111 cm³/mol. The van der Waals surface area contributed by atoms with Crippen molar-refractivity contribution >= 4 is 34.6 Å². The Balaban J connectivity index is 2.08. The number of nitrogens with two attached hydrogens (primary N) is 1. The highest BCUT2D eigenvalue weighted by Crippen LogP contribution is 2.35. The Morgan fingerprint density at radius 3 is 2.53 bits per heavy atom. The summed E-state index contributed by atoms with van der Waals surface area (Å²) in [5.74, 6) is -0.417. The Labute approximate surface area is 176 Å². The molecule has 3 aromatic rings. The number of hydrogen-bond acceptors (Lipinski definition) is 6. The van der Waals surface area contributed by atoms with Gasteiger partial charge in [-0.25, -0.2) is 4.98 Å². The third kappa shape index (κ3) is 2.95. The highest BCUT2D eigenvalue weighted by molar-refractivity contribution is 6.30. The number of para-hydroxylation sites is 1. The van der Waals surface area contributed by atoms with Crippen molar-refractivity contribution in [1.29, 1.82) is 10.5 Å². The molecule has 7 nitrogen and oxygen atoms in total. The molecule has 0 fully saturated rings. The first-order valence-electron chi connectivity index (χ1n) is 8.81. The molecule has 1 aromatic heterocycles. The number of benzene rings is 2. The molecule has 2 heterocycles. The van der Waals surface area contributed by atoms with Gasteiger partial charge in [-0.05, 0) is 23.8 Å². The first-order chi connectivity index (χ1) is 14.5. The van der Waals surface area contributed by atoms with Crippen LogP contribution < -0.4 is 5.73 Å². The quantitative estimate of drug-likeness (QED) is 0.500. The van der Waals surface area contributed by atoms with Crippen LogP contribution in [0.2, 0.25) is 5.02 Å². The number of halogens is 1. The number of ketones is 1. The van der Waals surface area contributed by atoms with Gasteiger partial charge in [0.05, 0.1) is 17.5 Å². The van der Waals surface area contributed by atoms with Crippen LogP contribution in [0.15, 0.2) is 48.5 Å².